The molecule has 5 heteroatoms. The van der Waals surface area contributed by atoms with E-state index in [2.05, 4.69) is 17.1 Å². The molecule has 1 unspecified atom stereocenters. The Bertz CT molecular complexity index is 487. The van der Waals surface area contributed by atoms with Crippen LogP contribution in [0.1, 0.15) is 38.4 Å². The first-order valence-electron chi connectivity index (χ1n) is 8.95. The molecule has 3 rings (SSSR count). The summed E-state index contributed by atoms with van der Waals surface area (Å²) in [6.07, 6.45) is 7.57. The van der Waals surface area contributed by atoms with Gasteiger partial charge in [0.25, 0.3) is 0 Å². The molecule has 2 fully saturated rings. The van der Waals surface area contributed by atoms with Gasteiger partial charge >= 0.3 is 0 Å². The number of nitrogens with zero attached hydrogens (tertiary/aromatic N) is 2. The average Bonchev–Trinajstić information content (AvgIpc) is 3.08. The highest BCUT2D eigenvalue weighted by molar-refractivity contribution is 5.80. The number of guanidine groups is 1. The smallest absolute Gasteiger partial charge is 0.193 e. The summed E-state index contributed by atoms with van der Waals surface area (Å²) in [4.78, 5) is 7.25. The van der Waals surface area contributed by atoms with Gasteiger partial charge in [-0.1, -0.05) is 0 Å². The quantitative estimate of drug-likeness (QED) is 0.685. The van der Waals surface area contributed by atoms with Crippen molar-refractivity contribution >= 4 is 5.96 Å². The molecule has 2 aliphatic heterocycles. The first-order chi connectivity index (χ1) is 11.3. The van der Waals surface area contributed by atoms with Crippen LogP contribution in [0.5, 0.6) is 0 Å². The Morgan fingerprint density at radius 1 is 1.39 bits per heavy atom. The maximum absolute atomic E-state index is 5.78. The van der Waals surface area contributed by atoms with Crippen LogP contribution in [-0.4, -0.2) is 50.3 Å². The summed E-state index contributed by atoms with van der Waals surface area (Å²) in [5.74, 6) is 2.05. The van der Waals surface area contributed by atoms with Gasteiger partial charge in [-0.15, -0.1) is 0 Å². The van der Waals surface area contributed by atoms with Gasteiger partial charge in [-0.05, 0) is 44.7 Å². The molecular weight excluding hydrogens is 290 g/mol. The number of rotatable bonds is 4. The van der Waals surface area contributed by atoms with Crippen molar-refractivity contribution in [2.45, 2.75) is 39.0 Å². The summed E-state index contributed by atoms with van der Waals surface area (Å²) in [7, 11) is 0. The Labute approximate surface area is 139 Å². The highest BCUT2D eigenvalue weighted by Crippen LogP contribution is 2.37. The van der Waals surface area contributed by atoms with E-state index in [1.165, 1.54) is 25.7 Å². The third-order valence-corrected chi connectivity index (χ3v) is 4.90. The lowest BCUT2D eigenvalue weighted by molar-refractivity contribution is -0.0370. The van der Waals surface area contributed by atoms with Crippen molar-refractivity contribution in [2.75, 3.05) is 39.4 Å². The van der Waals surface area contributed by atoms with Crippen LogP contribution in [0.3, 0.4) is 0 Å². The number of hydrogen-bond donors (Lipinski definition) is 1. The lowest BCUT2D eigenvalue weighted by Crippen LogP contribution is -2.53. The molecule has 3 heterocycles. The molecule has 0 radical (unpaired) electrons. The maximum atomic E-state index is 5.78. The van der Waals surface area contributed by atoms with Crippen molar-refractivity contribution in [3.05, 3.63) is 24.2 Å². The molecule has 2 aliphatic rings. The second-order valence-electron chi connectivity index (χ2n) is 6.75. The topological polar surface area (TPSA) is 50.0 Å². The Balaban J connectivity index is 1.62. The number of furan rings is 1. The monoisotopic (exact) mass is 319 g/mol. The van der Waals surface area contributed by atoms with Crippen molar-refractivity contribution in [3.8, 4) is 0 Å². The predicted octanol–water partition coefficient (Wildman–Crippen LogP) is 2.68. The van der Waals surface area contributed by atoms with Gasteiger partial charge in [-0.3, -0.25) is 4.99 Å². The van der Waals surface area contributed by atoms with Crippen molar-refractivity contribution < 1.29 is 9.15 Å². The highest BCUT2D eigenvalue weighted by Gasteiger charge is 2.38. The minimum absolute atomic E-state index is 0.341. The van der Waals surface area contributed by atoms with Crippen LogP contribution in [0.2, 0.25) is 0 Å². The van der Waals surface area contributed by atoms with Gasteiger partial charge < -0.3 is 19.4 Å². The average molecular weight is 319 g/mol. The zero-order chi connectivity index (χ0) is 16.0. The lowest BCUT2D eigenvalue weighted by Gasteiger charge is -2.45. The number of ether oxygens (including phenoxy) is 1. The summed E-state index contributed by atoms with van der Waals surface area (Å²) >= 11 is 0. The first-order valence-corrected chi connectivity index (χ1v) is 8.95. The first kappa shape index (κ1) is 16.4. The summed E-state index contributed by atoms with van der Waals surface area (Å²) < 4.78 is 11.2. The Morgan fingerprint density at radius 3 is 3.04 bits per heavy atom. The van der Waals surface area contributed by atoms with Gasteiger partial charge in [0.1, 0.15) is 5.76 Å². The zero-order valence-corrected chi connectivity index (χ0v) is 14.2. The molecular formula is C18H29N3O2. The molecule has 0 amide bonds. The second kappa shape index (κ2) is 7.86. The Morgan fingerprint density at radius 2 is 2.30 bits per heavy atom. The third kappa shape index (κ3) is 4.28. The number of likely N-dealkylation sites (tertiary alicyclic amines) is 1. The van der Waals surface area contributed by atoms with E-state index < -0.39 is 0 Å². The van der Waals surface area contributed by atoms with Crippen LogP contribution < -0.4 is 5.32 Å². The standard InChI is InChI=1S/C18H29N3O2/c1-2-19-17(20-10-7-16-6-3-13-23-16)21-11-4-8-18(14-21)9-5-12-22-15-18/h3,6,13H,2,4-5,7-12,14-15H2,1H3,(H,19,20). The minimum atomic E-state index is 0.341. The minimum Gasteiger partial charge on any atom is -0.469 e. The molecule has 1 aromatic heterocycles. The van der Waals surface area contributed by atoms with E-state index in [1.54, 1.807) is 6.26 Å². The predicted molar refractivity (Wildman–Crippen MR) is 91.7 cm³/mol. The van der Waals surface area contributed by atoms with E-state index in [4.69, 9.17) is 14.1 Å². The van der Waals surface area contributed by atoms with Gasteiger partial charge in [0.2, 0.25) is 0 Å². The fraction of sp³-hybridized carbons (Fsp3) is 0.722. The van der Waals surface area contributed by atoms with Crippen LogP contribution in [0.15, 0.2) is 27.8 Å². The van der Waals surface area contributed by atoms with Crippen LogP contribution in [-0.2, 0) is 11.2 Å². The van der Waals surface area contributed by atoms with E-state index in [0.29, 0.717) is 5.41 Å². The van der Waals surface area contributed by atoms with E-state index in [-0.39, 0.29) is 0 Å². The van der Waals surface area contributed by atoms with Crippen molar-refractivity contribution in [1.29, 1.82) is 0 Å². The van der Waals surface area contributed by atoms with Crippen molar-refractivity contribution in [3.63, 3.8) is 0 Å². The summed E-state index contributed by atoms with van der Waals surface area (Å²) in [6, 6.07) is 3.94. The molecule has 0 aromatic carbocycles. The Kier molecular flexibility index (Phi) is 5.60. The van der Waals surface area contributed by atoms with Gasteiger partial charge in [-0.2, -0.15) is 0 Å². The molecule has 2 saturated heterocycles. The van der Waals surface area contributed by atoms with E-state index in [1.807, 2.05) is 12.1 Å². The molecule has 5 nitrogen and oxygen atoms in total. The number of aliphatic imine (C=N–C) groups is 1. The second-order valence-corrected chi connectivity index (χ2v) is 6.75. The maximum Gasteiger partial charge on any atom is 0.193 e. The molecule has 0 bridgehead atoms. The van der Waals surface area contributed by atoms with Gasteiger partial charge in [0.05, 0.1) is 12.9 Å². The third-order valence-electron chi connectivity index (χ3n) is 4.90. The number of piperidine rings is 1. The van der Waals surface area contributed by atoms with E-state index >= 15 is 0 Å². The van der Waals surface area contributed by atoms with Crippen LogP contribution in [0, 0.1) is 5.41 Å². The molecule has 128 valence electrons. The fourth-order valence-electron chi connectivity index (χ4n) is 3.77. The summed E-state index contributed by atoms with van der Waals surface area (Å²) in [6.45, 7) is 7.79. The van der Waals surface area contributed by atoms with Crippen LogP contribution in [0.25, 0.3) is 0 Å². The number of nitrogens with one attached hydrogen (secondary N) is 1. The van der Waals surface area contributed by atoms with E-state index in [0.717, 1.165) is 57.5 Å². The van der Waals surface area contributed by atoms with Gasteiger partial charge in [-0.25, -0.2) is 0 Å². The molecule has 0 aliphatic carbocycles. The Hall–Kier alpha value is -1.49. The van der Waals surface area contributed by atoms with Gasteiger partial charge in [0, 0.05) is 44.6 Å². The highest BCUT2D eigenvalue weighted by atomic mass is 16.5. The molecule has 1 atom stereocenters. The van der Waals surface area contributed by atoms with Crippen molar-refractivity contribution in [1.82, 2.24) is 10.2 Å². The zero-order valence-electron chi connectivity index (χ0n) is 14.2. The molecule has 23 heavy (non-hydrogen) atoms. The van der Waals surface area contributed by atoms with E-state index in [9.17, 15) is 0 Å². The van der Waals surface area contributed by atoms with Gasteiger partial charge in [0.15, 0.2) is 5.96 Å². The van der Waals surface area contributed by atoms with Crippen LogP contribution in [0.4, 0.5) is 0 Å². The molecule has 0 saturated carbocycles. The summed E-state index contributed by atoms with van der Waals surface area (Å²) in [5, 5.41) is 3.46. The molecule has 1 N–H and O–H groups in total. The lowest BCUT2D eigenvalue weighted by atomic mass is 9.76. The van der Waals surface area contributed by atoms with Crippen molar-refractivity contribution in [2.24, 2.45) is 10.4 Å². The number of hydrogen-bond acceptors (Lipinski definition) is 3. The van der Waals surface area contributed by atoms with Crippen LogP contribution >= 0.6 is 0 Å². The molecule has 1 aromatic rings. The SMILES string of the molecule is CCNC(=NCCc1ccco1)N1CCCC2(CCCOC2)C1. The summed E-state index contributed by atoms with van der Waals surface area (Å²) in [5.41, 5.74) is 0.341. The fourth-order valence-corrected chi connectivity index (χ4v) is 3.77. The molecule has 1 spiro atoms. The normalized spacial score (nSPS) is 25.8. The largest absolute Gasteiger partial charge is 0.469 e.